The molecule has 4 rings (SSSR count). The molecule has 2 unspecified atom stereocenters. The van der Waals surface area contributed by atoms with Crippen LogP contribution in [0.4, 0.5) is 11.4 Å². The van der Waals surface area contributed by atoms with E-state index in [1.807, 2.05) is 65.7 Å². The number of carbonyl (C=O) groups is 2. The molecule has 6 heteroatoms. The molecule has 0 radical (unpaired) electrons. The Bertz CT molecular complexity index is 1080. The second-order valence-electron chi connectivity index (χ2n) is 8.94. The Morgan fingerprint density at radius 3 is 2.45 bits per heavy atom. The number of carbonyl (C=O) groups excluding carboxylic acids is 2. The molecule has 0 spiro atoms. The van der Waals surface area contributed by atoms with Gasteiger partial charge in [0.15, 0.2) is 0 Å². The van der Waals surface area contributed by atoms with Gasteiger partial charge in [-0.1, -0.05) is 35.9 Å². The summed E-state index contributed by atoms with van der Waals surface area (Å²) in [6.07, 6.45) is 1.87. The van der Waals surface area contributed by atoms with E-state index in [4.69, 9.17) is 0 Å². The van der Waals surface area contributed by atoms with Gasteiger partial charge in [0.05, 0.1) is 12.0 Å². The molecule has 1 N–H and O–H groups in total. The number of aryl methyl sites for hydroxylation is 1. The van der Waals surface area contributed by atoms with Crippen LogP contribution in [0, 0.1) is 12.8 Å². The topological polar surface area (TPSA) is 52.7 Å². The minimum Gasteiger partial charge on any atom is -0.326 e. The molecular weight excluding hydrogens is 430 g/mol. The van der Waals surface area contributed by atoms with Crippen molar-refractivity contribution in [2.24, 2.45) is 5.92 Å². The molecule has 0 bridgehead atoms. The Morgan fingerprint density at radius 2 is 1.82 bits per heavy atom. The monoisotopic (exact) mass is 461 g/mol. The minimum absolute atomic E-state index is 0.0425. The zero-order valence-corrected chi connectivity index (χ0v) is 20.3. The third kappa shape index (κ3) is 5.52. The van der Waals surface area contributed by atoms with Crippen LogP contribution >= 0.6 is 11.3 Å². The first-order valence-electron chi connectivity index (χ1n) is 11.4. The van der Waals surface area contributed by atoms with E-state index in [0.29, 0.717) is 12.8 Å². The number of nitrogens with zero attached hydrogens (tertiary/aromatic N) is 2. The lowest BCUT2D eigenvalue weighted by Gasteiger charge is -2.40. The van der Waals surface area contributed by atoms with Crippen molar-refractivity contribution in [2.75, 3.05) is 30.9 Å². The van der Waals surface area contributed by atoms with Gasteiger partial charge >= 0.3 is 0 Å². The van der Waals surface area contributed by atoms with E-state index in [9.17, 15) is 9.59 Å². The summed E-state index contributed by atoms with van der Waals surface area (Å²) < 4.78 is 0. The summed E-state index contributed by atoms with van der Waals surface area (Å²) in [5.74, 6) is -0.304. The van der Waals surface area contributed by atoms with Gasteiger partial charge in [0.25, 0.3) is 0 Å². The van der Waals surface area contributed by atoms with Gasteiger partial charge in [-0.3, -0.25) is 9.59 Å². The fraction of sp³-hybridized carbons (Fsp3) is 0.333. The molecular formula is C27H31N3O2S. The van der Waals surface area contributed by atoms with Crippen LogP contribution in [0.1, 0.15) is 34.9 Å². The van der Waals surface area contributed by atoms with Gasteiger partial charge in [-0.05, 0) is 75.1 Å². The standard InChI is InChI=1S/C27H31N3O2S/c1-19-6-12-22(13-7-19)30-25(31)15-14-23(26(30)24-5-4-18-33-24)27(32)28-21-10-8-20(9-11-21)16-17-29(2)3/h4-13,18,23,26H,14-17H2,1-3H3,(H,28,32). The first-order valence-corrected chi connectivity index (χ1v) is 12.3. The SMILES string of the molecule is Cc1ccc(N2C(=O)CCC(C(=O)Nc3ccc(CCN(C)C)cc3)C2c2cccs2)cc1. The zero-order chi connectivity index (χ0) is 23.4. The van der Waals surface area contributed by atoms with Crippen LogP contribution in [0.3, 0.4) is 0 Å². The highest BCUT2D eigenvalue weighted by molar-refractivity contribution is 7.10. The number of hydrogen-bond acceptors (Lipinski definition) is 4. The maximum Gasteiger partial charge on any atom is 0.229 e. The van der Waals surface area contributed by atoms with Crippen LogP contribution in [0.2, 0.25) is 0 Å². The Labute approximate surface area is 200 Å². The van der Waals surface area contributed by atoms with E-state index in [2.05, 4.69) is 36.4 Å². The number of anilines is 2. The lowest BCUT2D eigenvalue weighted by Crippen LogP contribution is -2.46. The number of amides is 2. The number of hydrogen-bond donors (Lipinski definition) is 1. The van der Waals surface area contributed by atoms with Crippen molar-refractivity contribution in [3.8, 4) is 0 Å². The van der Waals surface area contributed by atoms with Crippen molar-refractivity contribution in [2.45, 2.75) is 32.2 Å². The summed E-state index contributed by atoms with van der Waals surface area (Å²) >= 11 is 1.59. The number of likely N-dealkylation sites (N-methyl/N-ethyl adjacent to an activating group) is 1. The predicted octanol–water partition coefficient (Wildman–Crippen LogP) is 5.28. The maximum atomic E-state index is 13.5. The largest absolute Gasteiger partial charge is 0.326 e. The van der Waals surface area contributed by atoms with E-state index in [0.717, 1.165) is 34.8 Å². The highest BCUT2D eigenvalue weighted by atomic mass is 32.1. The summed E-state index contributed by atoms with van der Waals surface area (Å²) in [4.78, 5) is 31.5. The number of rotatable bonds is 7. The molecule has 5 nitrogen and oxygen atoms in total. The molecule has 1 saturated heterocycles. The number of thiophene rings is 1. The van der Waals surface area contributed by atoms with Crippen LogP contribution < -0.4 is 10.2 Å². The van der Waals surface area contributed by atoms with Gasteiger partial charge in [-0.15, -0.1) is 11.3 Å². The number of benzene rings is 2. The summed E-state index contributed by atoms with van der Waals surface area (Å²) in [6.45, 7) is 3.01. The Balaban J connectivity index is 1.57. The molecule has 1 fully saturated rings. The van der Waals surface area contributed by atoms with Gasteiger partial charge in [-0.2, -0.15) is 0 Å². The second kappa shape index (κ2) is 10.3. The highest BCUT2D eigenvalue weighted by Crippen LogP contribution is 2.42. The molecule has 33 heavy (non-hydrogen) atoms. The first-order chi connectivity index (χ1) is 15.9. The van der Waals surface area contributed by atoms with Gasteiger partial charge < -0.3 is 15.1 Å². The Hall–Kier alpha value is -2.96. The Kier molecular flexibility index (Phi) is 7.26. The van der Waals surface area contributed by atoms with Gasteiger partial charge in [0.2, 0.25) is 11.8 Å². The van der Waals surface area contributed by atoms with E-state index in [1.165, 1.54) is 5.56 Å². The second-order valence-corrected chi connectivity index (χ2v) is 9.92. The molecule has 1 aliphatic rings. The summed E-state index contributed by atoms with van der Waals surface area (Å²) in [6, 6.07) is 19.7. The van der Waals surface area contributed by atoms with Gasteiger partial charge in [0.1, 0.15) is 0 Å². The number of piperidine rings is 1. The third-order valence-electron chi connectivity index (χ3n) is 6.15. The molecule has 2 heterocycles. The van der Waals surface area contributed by atoms with Crippen molar-refractivity contribution in [1.82, 2.24) is 4.90 Å². The van der Waals surface area contributed by atoms with E-state index in [1.54, 1.807) is 11.3 Å². The van der Waals surface area contributed by atoms with Crippen LogP contribution in [-0.2, 0) is 16.0 Å². The fourth-order valence-corrected chi connectivity index (χ4v) is 5.18. The molecule has 3 aromatic rings. The quantitative estimate of drug-likeness (QED) is 0.521. The average molecular weight is 462 g/mol. The van der Waals surface area contributed by atoms with Crippen molar-refractivity contribution < 1.29 is 9.59 Å². The van der Waals surface area contributed by atoms with Gasteiger partial charge in [0, 0.05) is 29.2 Å². The van der Waals surface area contributed by atoms with Crippen molar-refractivity contribution in [3.05, 3.63) is 82.0 Å². The average Bonchev–Trinajstić information content (AvgIpc) is 3.33. The van der Waals surface area contributed by atoms with E-state index >= 15 is 0 Å². The molecule has 1 aliphatic heterocycles. The first kappa shape index (κ1) is 23.2. The van der Waals surface area contributed by atoms with Crippen LogP contribution in [-0.4, -0.2) is 37.4 Å². The molecule has 2 amide bonds. The molecule has 172 valence electrons. The van der Waals surface area contributed by atoms with E-state index in [-0.39, 0.29) is 23.8 Å². The van der Waals surface area contributed by atoms with E-state index < -0.39 is 0 Å². The van der Waals surface area contributed by atoms with Crippen LogP contribution in [0.25, 0.3) is 0 Å². The molecule has 0 saturated carbocycles. The van der Waals surface area contributed by atoms with Gasteiger partial charge in [-0.25, -0.2) is 0 Å². The van der Waals surface area contributed by atoms with Crippen LogP contribution in [0.5, 0.6) is 0 Å². The minimum atomic E-state index is -0.323. The molecule has 2 aromatic carbocycles. The number of nitrogens with one attached hydrogen (secondary N) is 1. The molecule has 1 aromatic heterocycles. The van der Waals surface area contributed by atoms with Crippen molar-refractivity contribution in [1.29, 1.82) is 0 Å². The lowest BCUT2D eigenvalue weighted by molar-refractivity contribution is -0.125. The zero-order valence-electron chi connectivity index (χ0n) is 19.5. The third-order valence-corrected chi connectivity index (χ3v) is 7.09. The summed E-state index contributed by atoms with van der Waals surface area (Å²) in [5.41, 5.74) is 4.01. The highest BCUT2D eigenvalue weighted by Gasteiger charge is 2.42. The molecule has 2 atom stereocenters. The Morgan fingerprint density at radius 1 is 1.09 bits per heavy atom. The lowest BCUT2D eigenvalue weighted by atomic mass is 9.86. The smallest absolute Gasteiger partial charge is 0.229 e. The van der Waals surface area contributed by atoms with Crippen molar-refractivity contribution in [3.63, 3.8) is 0 Å². The van der Waals surface area contributed by atoms with Crippen LogP contribution in [0.15, 0.2) is 66.0 Å². The summed E-state index contributed by atoms with van der Waals surface area (Å²) in [7, 11) is 4.13. The predicted molar refractivity (Wildman–Crippen MR) is 136 cm³/mol. The summed E-state index contributed by atoms with van der Waals surface area (Å²) in [5, 5.41) is 5.11. The molecule has 0 aliphatic carbocycles. The normalized spacial score (nSPS) is 18.5. The maximum absolute atomic E-state index is 13.5. The fourth-order valence-electron chi connectivity index (χ4n) is 4.30. The van der Waals surface area contributed by atoms with Crippen molar-refractivity contribution >= 4 is 34.5 Å².